The summed E-state index contributed by atoms with van der Waals surface area (Å²) in [4.78, 5) is 2.55. The summed E-state index contributed by atoms with van der Waals surface area (Å²) in [5.74, 6) is 0.638. The van der Waals surface area contributed by atoms with Gasteiger partial charge in [-0.25, -0.2) is 13.1 Å². The average Bonchev–Trinajstić information content (AvgIpc) is 3.39. The molecule has 3 rings (SSSR count). The maximum absolute atomic E-state index is 12.8. The first-order chi connectivity index (χ1) is 11.8. The van der Waals surface area contributed by atoms with Crippen molar-refractivity contribution < 1.29 is 8.42 Å². The Bertz CT molecular complexity index is 731. The SMILES string of the molecule is C[C@H](N)c1ccc(S(=O)(=O)NC2CCN(C)CC2)cc1/C=C/C1CC1. The minimum Gasteiger partial charge on any atom is -0.324 e. The smallest absolute Gasteiger partial charge is 0.240 e. The molecule has 0 unspecified atom stereocenters. The summed E-state index contributed by atoms with van der Waals surface area (Å²) in [5.41, 5.74) is 7.95. The fourth-order valence-electron chi connectivity index (χ4n) is 3.22. The van der Waals surface area contributed by atoms with E-state index in [0.29, 0.717) is 10.8 Å². The molecule has 1 saturated carbocycles. The van der Waals surface area contributed by atoms with Crippen LogP contribution in [0.3, 0.4) is 0 Å². The van der Waals surface area contributed by atoms with Gasteiger partial charge in [-0.15, -0.1) is 0 Å². The Morgan fingerprint density at radius 2 is 1.92 bits per heavy atom. The molecule has 1 aromatic rings. The molecule has 1 heterocycles. The predicted molar refractivity (Wildman–Crippen MR) is 102 cm³/mol. The Morgan fingerprint density at radius 1 is 1.24 bits per heavy atom. The maximum atomic E-state index is 12.8. The average molecular weight is 364 g/mol. The second-order valence-corrected chi connectivity index (χ2v) is 9.19. The third kappa shape index (κ3) is 4.91. The van der Waals surface area contributed by atoms with Crippen LogP contribution >= 0.6 is 0 Å². The molecule has 1 saturated heterocycles. The topological polar surface area (TPSA) is 75.4 Å². The summed E-state index contributed by atoms with van der Waals surface area (Å²) < 4.78 is 28.4. The summed E-state index contributed by atoms with van der Waals surface area (Å²) in [6.07, 6.45) is 8.34. The molecule has 0 radical (unpaired) electrons. The molecule has 0 bridgehead atoms. The molecule has 3 N–H and O–H groups in total. The highest BCUT2D eigenvalue weighted by molar-refractivity contribution is 7.89. The van der Waals surface area contributed by atoms with Gasteiger partial charge in [0, 0.05) is 12.1 Å². The van der Waals surface area contributed by atoms with E-state index in [1.807, 2.05) is 19.1 Å². The highest BCUT2D eigenvalue weighted by Gasteiger charge is 2.24. The van der Waals surface area contributed by atoms with Gasteiger partial charge in [-0.05, 0) is 81.9 Å². The van der Waals surface area contributed by atoms with Gasteiger partial charge in [0.15, 0.2) is 0 Å². The number of benzene rings is 1. The number of nitrogens with two attached hydrogens (primary N) is 1. The van der Waals surface area contributed by atoms with E-state index in [4.69, 9.17) is 5.73 Å². The highest BCUT2D eigenvalue weighted by atomic mass is 32.2. The first-order valence-corrected chi connectivity index (χ1v) is 10.6. The maximum Gasteiger partial charge on any atom is 0.240 e. The highest BCUT2D eigenvalue weighted by Crippen LogP contribution is 2.32. The van der Waals surface area contributed by atoms with E-state index in [1.54, 1.807) is 12.1 Å². The van der Waals surface area contributed by atoms with Crippen molar-refractivity contribution in [2.45, 2.75) is 49.6 Å². The first kappa shape index (κ1) is 18.6. The minimum atomic E-state index is -3.51. The van der Waals surface area contributed by atoms with Crippen LogP contribution in [0, 0.1) is 5.92 Å². The lowest BCUT2D eigenvalue weighted by molar-refractivity contribution is 0.248. The summed E-state index contributed by atoms with van der Waals surface area (Å²) >= 11 is 0. The van der Waals surface area contributed by atoms with Gasteiger partial charge in [0.25, 0.3) is 0 Å². The van der Waals surface area contributed by atoms with Crippen molar-refractivity contribution in [1.82, 2.24) is 9.62 Å². The Labute approximate surface area is 151 Å². The van der Waals surface area contributed by atoms with Crippen molar-refractivity contribution in [3.05, 3.63) is 35.4 Å². The fourth-order valence-corrected chi connectivity index (χ4v) is 4.56. The monoisotopic (exact) mass is 363 g/mol. The van der Waals surface area contributed by atoms with Gasteiger partial charge in [-0.3, -0.25) is 0 Å². The standard InChI is InChI=1S/C19H29N3O2S/c1-14(20)19-8-7-18(13-16(19)6-5-15-3-4-15)25(23,24)21-17-9-11-22(2)12-10-17/h5-8,13-15,17,21H,3-4,9-12,20H2,1-2H3/b6-5+/t14-/m0/s1. The zero-order valence-corrected chi connectivity index (χ0v) is 15.9. The molecule has 1 aliphatic heterocycles. The number of sulfonamides is 1. The third-order valence-electron chi connectivity index (χ3n) is 5.07. The largest absolute Gasteiger partial charge is 0.324 e. The normalized spacial score (nSPS) is 21.7. The lowest BCUT2D eigenvalue weighted by Crippen LogP contribution is -2.43. The van der Waals surface area contributed by atoms with Gasteiger partial charge < -0.3 is 10.6 Å². The Morgan fingerprint density at radius 3 is 2.52 bits per heavy atom. The van der Waals surface area contributed by atoms with Gasteiger partial charge in [0.05, 0.1) is 4.90 Å². The molecule has 5 nitrogen and oxygen atoms in total. The molecule has 1 aromatic carbocycles. The summed E-state index contributed by atoms with van der Waals surface area (Å²) in [7, 11) is -1.44. The summed E-state index contributed by atoms with van der Waals surface area (Å²) in [6.45, 7) is 3.77. The van der Waals surface area contributed by atoms with Crippen LogP contribution in [0.25, 0.3) is 6.08 Å². The van der Waals surface area contributed by atoms with Gasteiger partial charge in [0.1, 0.15) is 0 Å². The second-order valence-electron chi connectivity index (χ2n) is 7.47. The van der Waals surface area contributed by atoms with E-state index in [2.05, 4.69) is 22.7 Å². The van der Waals surface area contributed by atoms with Crippen LogP contribution in [0.1, 0.15) is 49.8 Å². The number of allylic oxidation sites excluding steroid dienone is 1. The molecule has 25 heavy (non-hydrogen) atoms. The number of piperidine rings is 1. The van der Waals surface area contributed by atoms with Crippen molar-refractivity contribution in [3.63, 3.8) is 0 Å². The van der Waals surface area contributed by atoms with E-state index >= 15 is 0 Å². The number of likely N-dealkylation sites (tertiary alicyclic amines) is 1. The second kappa shape index (κ2) is 7.58. The van der Waals surface area contributed by atoms with Crippen LogP contribution in [-0.2, 0) is 10.0 Å². The van der Waals surface area contributed by atoms with E-state index in [0.717, 1.165) is 37.1 Å². The van der Waals surface area contributed by atoms with Crippen LogP contribution in [0.2, 0.25) is 0 Å². The lowest BCUT2D eigenvalue weighted by Gasteiger charge is -2.29. The van der Waals surface area contributed by atoms with Crippen LogP contribution in [-0.4, -0.2) is 39.5 Å². The number of nitrogens with one attached hydrogen (secondary N) is 1. The van der Waals surface area contributed by atoms with Crippen molar-refractivity contribution in [2.24, 2.45) is 11.7 Å². The lowest BCUT2D eigenvalue weighted by atomic mass is 10.0. The van der Waals surface area contributed by atoms with Crippen molar-refractivity contribution in [2.75, 3.05) is 20.1 Å². The molecule has 0 amide bonds. The van der Waals surface area contributed by atoms with E-state index in [9.17, 15) is 8.42 Å². The van der Waals surface area contributed by atoms with Crippen molar-refractivity contribution in [3.8, 4) is 0 Å². The van der Waals surface area contributed by atoms with E-state index < -0.39 is 10.0 Å². The number of nitrogens with zero attached hydrogens (tertiary/aromatic N) is 1. The molecule has 2 aliphatic rings. The molecule has 138 valence electrons. The van der Waals surface area contributed by atoms with E-state index in [-0.39, 0.29) is 12.1 Å². The predicted octanol–water partition coefficient (Wildman–Crippen LogP) is 2.50. The summed E-state index contributed by atoms with van der Waals surface area (Å²) in [5, 5.41) is 0. The van der Waals surface area contributed by atoms with Crippen molar-refractivity contribution in [1.29, 1.82) is 0 Å². The Hall–Kier alpha value is -1.21. The Kier molecular flexibility index (Phi) is 5.63. The Balaban J connectivity index is 1.81. The zero-order valence-electron chi connectivity index (χ0n) is 15.1. The minimum absolute atomic E-state index is 0.0137. The van der Waals surface area contributed by atoms with Gasteiger partial charge in [-0.1, -0.05) is 18.2 Å². The van der Waals surface area contributed by atoms with Gasteiger partial charge >= 0.3 is 0 Å². The summed E-state index contributed by atoms with van der Waals surface area (Å²) in [6, 6.07) is 5.16. The molecule has 0 spiro atoms. The molecule has 0 aromatic heterocycles. The number of hydrogen-bond donors (Lipinski definition) is 2. The fraction of sp³-hybridized carbons (Fsp3) is 0.579. The van der Waals surface area contributed by atoms with Crippen LogP contribution < -0.4 is 10.5 Å². The first-order valence-electron chi connectivity index (χ1n) is 9.14. The quantitative estimate of drug-likeness (QED) is 0.814. The molecular formula is C19H29N3O2S. The molecule has 6 heteroatoms. The van der Waals surface area contributed by atoms with Gasteiger partial charge in [0.2, 0.25) is 10.0 Å². The van der Waals surface area contributed by atoms with Crippen LogP contribution in [0.15, 0.2) is 29.2 Å². The van der Waals surface area contributed by atoms with Gasteiger partial charge in [-0.2, -0.15) is 0 Å². The van der Waals surface area contributed by atoms with Crippen LogP contribution in [0.5, 0.6) is 0 Å². The molecular weight excluding hydrogens is 334 g/mol. The molecule has 2 fully saturated rings. The van der Waals surface area contributed by atoms with Crippen LogP contribution in [0.4, 0.5) is 0 Å². The molecule has 1 aliphatic carbocycles. The number of hydrogen-bond acceptors (Lipinski definition) is 4. The van der Waals surface area contributed by atoms with Crippen molar-refractivity contribution >= 4 is 16.1 Å². The third-order valence-corrected chi connectivity index (χ3v) is 6.59. The molecule has 1 atom stereocenters. The number of rotatable bonds is 6. The zero-order chi connectivity index (χ0) is 18.0. The van der Waals surface area contributed by atoms with E-state index in [1.165, 1.54) is 12.8 Å².